The number of amides is 2. The van der Waals surface area contributed by atoms with Gasteiger partial charge in [0, 0.05) is 6.42 Å². The van der Waals surface area contributed by atoms with Crippen molar-refractivity contribution in [3.05, 3.63) is 101 Å². The molecule has 0 N–H and O–H groups in total. The van der Waals surface area contributed by atoms with Gasteiger partial charge in [0.05, 0.1) is 41.9 Å². The molecular weight excluding hydrogens is 529 g/mol. The summed E-state index contributed by atoms with van der Waals surface area (Å²) < 4.78 is 12.1. The molecular formula is C35H44NO4P. The number of ether oxygens (including phenoxy) is 2. The van der Waals surface area contributed by atoms with Crippen LogP contribution in [0.1, 0.15) is 75.0 Å². The summed E-state index contributed by atoms with van der Waals surface area (Å²) in [5, 5.41) is 0. The number of carbonyl (C=O) groups excluding carboxylic acids is 2. The summed E-state index contributed by atoms with van der Waals surface area (Å²) in [6.45, 7) is 10.3. The molecule has 6 heteroatoms. The van der Waals surface area contributed by atoms with Gasteiger partial charge in [0.1, 0.15) is 0 Å². The molecule has 1 saturated heterocycles. The average molecular weight is 574 g/mol. The number of carbonyl (C=O) groups is 2. The van der Waals surface area contributed by atoms with Gasteiger partial charge in [-0.25, -0.2) is 4.90 Å². The minimum Gasteiger partial charge on any atom is -0.370 e. The molecule has 2 aliphatic carbocycles. The van der Waals surface area contributed by atoms with Crippen molar-refractivity contribution in [3.63, 3.8) is 0 Å². The fourth-order valence-electron chi connectivity index (χ4n) is 5.78. The molecule has 0 radical (unpaired) electrons. The van der Waals surface area contributed by atoms with E-state index in [9.17, 15) is 9.59 Å². The van der Waals surface area contributed by atoms with E-state index in [0.29, 0.717) is 24.3 Å². The Balaban J connectivity index is 0.000000216. The number of fused-ring (bicyclic) bond motifs is 3. The van der Waals surface area contributed by atoms with Crippen molar-refractivity contribution in [1.29, 1.82) is 0 Å². The Morgan fingerprint density at radius 1 is 0.732 bits per heavy atom. The Morgan fingerprint density at radius 3 is 1.88 bits per heavy atom. The number of para-hydroxylation sites is 1. The van der Waals surface area contributed by atoms with Crippen LogP contribution in [-0.2, 0) is 31.9 Å². The average Bonchev–Trinajstić information content (AvgIpc) is 3.26. The molecule has 0 spiro atoms. The van der Waals surface area contributed by atoms with Gasteiger partial charge >= 0.3 is 0 Å². The second kappa shape index (κ2) is 14.4. The molecule has 7 unspecified atom stereocenters. The van der Waals surface area contributed by atoms with E-state index in [1.165, 1.54) is 16.0 Å². The summed E-state index contributed by atoms with van der Waals surface area (Å²) in [5.74, 6) is -1.06. The minimum atomic E-state index is -0.452. The van der Waals surface area contributed by atoms with Crippen molar-refractivity contribution < 1.29 is 19.1 Å². The molecule has 2 amide bonds. The van der Waals surface area contributed by atoms with Crippen molar-refractivity contribution in [2.45, 2.75) is 77.8 Å². The Bertz CT molecular complexity index is 1310. The van der Waals surface area contributed by atoms with E-state index >= 15 is 0 Å². The van der Waals surface area contributed by atoms with Crippen molar-refractivity contribution in [3.8, 4) is 0 Å². The van der Waals surface area contributed by atoms with Gasteiger partial charge in [-0.2, -0.15) is 0 Å². The van der Waals surface area contributed by atoms with Gasteiger partial charge in [-0.15, -0.1) is 9.24 Å². The van der Waals surface area contributed by atoms with E-state index in [2.05, 4.69) is 54.3 Å². The maximum atomic E-state index is 13.3. The molecule has 218 valence electrons. The first-order valence-electron chi connectivity index (χ1n) is 14.9. The number of anilines is 1. The monoisotopic (exact) mass is 573 g/mol. The molecule has 1 heterocycles. The zero-order valence-corrected chi connectivity index (χ0v) is 26.1. The van der Waals surface area contributed by atoms with Crippen LogP contribution < -0.4 is 4.90 Å². The fourth-order valence-corrected chi connectivity index (χ4v) is 5.78. The highest BCUT2D eigenvalue weighted by molar-refractivity contribution is 7.15. The summed E-state index contributed by atoms with van der Waals surface area (Å²) in [4.78, 5) is 27.7. The molecule has 6 rings (SSSR count). The van der Waals surface area contributed by atoms with Crippen LogP contribution in [0.3, 0.4) is 0 Å². The summed E-state index contributed by atoms with van der Waals surface area (Å²) in [6, 6.07) is 25.8. The number of benzene rings is 3. The van der Waals surface area contributed by atoms with Crippen LogP contribution in [0.25, 0.3) is 0 Å². The number of hydrogen-bond acceptors (Lipinski definition) is 4. The Labute approximate surface area is 247 Å². The van der Waals surface area contributed by atoms with Crippen LogP contribution in [0.2, 0.25) is 0 Å². The highest BCUT2D eigenvalue weighted by atomic mass is 31.0. The van der Waals surface area contributed by atoms with Gasteiger partial charge < -0.3 is 9.47 Å². The van der Waals surface area contributed by atoms with Crippen LogP contribution >= 0.6 is 9.24 Å². The van der Waals surface area contributed by atoms with E-state index in [1.807, 2.05) is 68.2 Å². The van der Waals surface area contributed by atoms with E-state index in [0.717, 1.165) is 30.4 Å². The van der Waals surface area contributed by atoms with Crippen LogP contribution in [-0.4, -0.2) is 30.7 Å². The van der Waals surface area contributed by atoms with E-state index in [1.54, 1.807) is 0 Å². The number of nitrogens with zero attached hydrogens (tertiary/aromatic N) is 1. The predicted molar refractivity (Wildman–Crippen MR) is 169 cm³/mol. The SMILES string of the molecule is CCC(C)OC1Cc2ccccc21.CCC(C)OC1c2ccccc2CC2C(=O)N(c3ccccc3)C(=O)C21.CP. The fraction of sp³-hybridized carbons (Fsp3) is 0.429. The molecule has 3 aliphatic rings. The first-order chi connectivity index (χ1) is 19.9. The van der Waals surface area contributed by atoms with Gasteiger partial charge in [-0.3, -0.25) is 9.59 Å². The lowest BCUT2D eigenvalue weighted by atomic mass is 9.75. The lowest BCUT2D eigenvalue weighted by molar-refractivity contribution is -0.131. The van der Waals surface area contributed by atoms with E-state index in [-0.39, 0.29) is 29.9 Å². The lowest BCUT2D eigenvalue weighted by Crippen LogP contribution is -2.35. The maximum Gasteiger partial charge on any atom is 0.240 e. The molecule has 3 aromatic rings. The maximum absolute atomic E-state index is 13.3. The second-order valence-corrected chi connectivity index (χ2v) is 10.9. The van der Waals surface area contributed by atoms with Crippen molar-refractivity contribution in [2.24, 2.45) is 11.8 Å². The molecule has 1 fully saturated rings. The third-order valence-corrected chi connectivity index (χ3v) is 8.35. The van der Waals surface area contributed by atoms with Crippen molar-refractivity contribution in [1.82, 2.24) is 0 Å². The lowest BCUT2D eigenvalue weighted by Gasteiger charge is -2.34. The number of rotatable bonds is 7. The van der Waals surface area contributed by atoms with Gasteiger partial charge in [0.2, 0.25) is 11.8 Å². The van der Waals surface area contributed by atoms with Gasteiger partial charge in [-0.05, 0) is 67.5 Å². The first-order valence-corrected chi connectivity index (χ1v) is 16.0. The van der Waals surface area contributed by atoms with Crippen LogP contribution in [0.5, 0.6) is 0 Å². The van der Waals surface area contributed by atoms with Crippen molar-refractivity contribution in [2.75, 3.05) is 11.6 Å². The standard InChI is InChI=1S/C22H23NO3.C12H16O.CH5P/c1-3-14(2)26-20-17-12-8-7-9-15(17)13-18-19(20)22(25)23(21(18)24)16-10-5-4-6-11-16;1-3-9(2)13-12-8-10-6-4-5-7-11(10)12;1-2/h4-12,14,18-20H,3,13H2,1-2H3;4-7,9,12H,3,8H2,1-2H3;2H2,1H3. The molecule has 3 aromatic carbocycles. The van der Waals surface area contributed by atoms with Gasteiger partial charge in [-0.1, -0.05) is 87.2 Å². The largest absolute Gasteiger partial charge is 0.370 e. The number of imide groups is 1. The zero-order chi connectivity index (χ0) is 29.5. The molecule has 41 heavy (non-hydrogen) atoms. The highest BCUT2D eigenvalue weighted by Gasteiger charge is 2.55. The molecule has 5 nitrogen and oxygen atoms in total. The third-order valence-electron chi connectivity index (χ3n) is 8.35. The van der Waals surface area contributed by atoms with Crippen LogP contribution in [0.15, 0.2) is 78.9 Å². The van der Waals surface area contributed by atoms with Gasteiger partial charge in [0.25, 0.3) is 0 Å². The Kier molecular flexibility index (Phi) is 10.9. The quantitative estimate of drug-likeness (QED) is 0.217. The summed E-state index contributed by atoms with van der Waals surface area (Å²) in [7, 11) is 2.42. The summed E-state index contributed by atoms with van der Waals surface area (Å²) in [5.41, 5.74) is 5.64. The Hall–Kier alpha value is -2.85. The summed E-state index contributed by atoms with van der Waals surface area (Å²) in [6.07, 6.45) is 4.06. The second-order valence-electron chi connectivity index (χ2n) is 10.9. The minimum absolute atomic E-state index is 0.0282. The highest BCUT2D eigenvalue weighted by Crippen LogP contribution is 2.47. The number of hydrogen-bond donors (Lipinski definition) is 0. The Morgan fingerprint density at radius 2 is 1.27 bits per heavy atom. The van der Waals surface area contributed by atoms with Crippen LogP contribution in [0.4, 0.5) is 5.69 Å². The van der Waals surface area contributed by atoms with Crippen LogP contribution in [0, 0.1) is 11.8 Å². The van der Waals surface area contributed by atoms with Crippen molar-refractivity contribution >= 4 is 26.7 Å². The summed E-state index contributed by atoms with van der Waals surface area (Å²) >= 11 is 0. The first kappa shape index (κ1) is 31.1. The molecule has 7 atom stereocenters. The smallest absolute Gasteiger partial charge is 0.240 e. The normalized spacial score (nSPS) is 23.4. The predicted octanol–water partition coefficient (Wildman–Crippen LogP) is 7.49. The van der Waals surface area contributed by atoms with E-state index < -0.39 is 5.92 Å². The zero-order valence-electron chi connectivity index (χ0n) is 25.0. The third kappa shape index (κ3) is 6.64. The molecule has 0 aromatic heterocycles. The molecule has 0 bridgehead atoms. The van der Waals surface area contributed by atoms with E-state index in [4.69, 9.17) is 9.47 Å². The molecule has 1 aliphatic heterocycles. The van der Waals surface area contributed by atoms with Gasteiger partial charge in [0.15, 0.2) is 0 Å². The molecule has 0 saturated carbocycles. The topological polar surface area (TPSA) is 55.8 Å².